The Morgan fingerprint density at radius 3 is 1.74 bits per heavy atom. The van der Waals surface area contributed by atoms with Crippen molar-refractivity contribution < 1.29 is 32.9 Å². The molecule has 0 fully saturated rings. The molecule has 9 heteroatoms. The monoisotopic (exact) mass is 579 g/mol. The Kier molecular flexibility index (Phi) is 21.0. The first-order valence-electron chi connectivity index (χ1n) is 15.7. The summed E-state index contributed by atoms with van der Waals surface area (Å²) < 4.78 is 24.6. The number of unbranched alkanes of at least 4 members (excludes halogenated alkanes) is 13. The fraction of sp³-hybridized carbons (Fsp3) is 0.967. The standard InChI is InChI=1S/C30H63N2O6P/c1-7-9-11-13-15-17-19-21-23-37-27(3)25-30(26-32(4,5)6,38-39(34,35)36)28(24-29(31)33)22-20-18-16-14-12-10-8-2/h27-28H,7-26H2,1-6H3,(H3-,31,33,34,35,36)/p+1. The van der Waals surface area contributed by atoms with E-state index in [9.17, 15) is 19.1 Å². The summed E-state index contributed by atoms with van der Waals surface area (Å²) in [4.78, 5) is 32.2. The summed E-state index contributed by atoms with van der Waals surface area (Å²) in [7, 11) is 1.06. The van der Waals surface area contributed by atoms with Crippen molar-refractivity contribution in [2.75, 3.05) is 34.3 Å². The van der Waals surface area contributed by atoms with Gasteiger partial charge in [-0.25, -0.2) is 4.57 Å². The topological polar surface area (TPSA) is 119 Å². The first-order chi connectivity index (χ1) is 18.2. The Labute approximate surface area is 240 Å². The van der Waals surface area contributed by atoms with Gasteiger partial charge in [0.2, 0.25) is 5.91 Å². The van der Waals surface area contributed by atoms with Gasteiger partial charge in [-0.2, -0.15) is 0 Å². The Morgan fingerprint density at radius 1 is 0.846 bits per heavy atom. The van der Waals surface area contributed by atoms with Crippen LogP contribution in [0.3, 0.4) is 0 Å². The number of phosphoric ester groups is 1. The number of quaternary nitrogens is 1. The van der Waals surface area contributed by atoms with E-state index in [1.54, 1.807) is 0 Å². The molecule has 234 valence electrons. The van der Waals surface area contributed by atoms with Gasteiger partial charge in [0, 0.05) is 25.4 Å². The summed E-state index contributed by atoms with van der Waals surface area (Å²) >= 11 is 0. The quantitative estimate of drug-likeness (QED) is 0.0542. The molecule has 0 saturated carbocycles. The summed E-state index contributed by atoms with van der Waals surface area (Å²) in [6.07, 6.45) is 18.2. The van der Waals surface area contributed by atoms with Gasteiger partial charge in [0.25, 0.3) is 0 Å². The molecule has 0 aliphatic rings. The number of hydrogen-bond acceptors (Lipinski definition) is 4. The second kappa shape index (κ2) is 21.2. The Hall–Kier alpha value is -0.500. The van der Waals surface area contributed by atoms with Crippen molar-refractivity contribution in [2.45, 2.75) is 148 Å². The van der Waals surface area contributed by atoms with Crippen molar-refractivity contribution in [2.24, 2.45) is 11.7 Å². The molecule has 8 nitrogen and oxygen atoms in total. The average Bonchev–Trinajstić information content (AvgIpc) is 2.79. The molecule has 3 atom stereocenters. The minimum atomic E-state index is -4.85. The third kappa shape index (κ3) is 21.9. The Balaban J connectivity index is 5.44. The number of nitrogens with zero attached hydrogens (tertiary/aromatic N) is 1. The number of rotatable bonds is 27. The summed E-state index contributed by atoms with van der Waals surface area (Å²) in [5.74, 6) is -0.889. The van der Waals surface area contributed by atoms with Crippen LogP contribution in [-0.4, -0.2) is 66.2 Å². The van der Waals surface area contributed by atoms with E-state index >= 15 is 0 Å². The van der Waals surface area contributed by atoms with E-state index in [4.69, 9.17) is 15.0 Å². The maximum Gasteiger partial charge on any atom is 0.470 e. The lowest BCUT2D eigenvalue weighted by Gasteiger charge is -2.44. The van der Waals surface area contributed by atoms with E-state index in [-0.39, 0.29) is 12.5 Å². The minimum absolute atomic E-state index is 0.0284. The van der Waals surface area contributed by atoms with Gasteiger partial charge in [-0.1, -0.05) is 104 Å². The van der Waals surface area contributed by atoms with Crippen molar-refractivity contribution >= 4 is 13.7 Å². The van der Waals surface area contributed by atoms with Gasteiger partial charge in [-0.3, -0.25) is 9.32 Å². The largest absolute Gasteiger partial charge is 0.470 e. The molecule has 39 heavy (non-hydrogen) atoms. The molecule has 0 saturated heterocycles. The molecular formula is C30H64N2O6P+. The van der Waals surface area contributed by atoms with E-state index in [0.29, 0.717) is 30.5 Å². The van der Waals surface area contributed by atoms with Crippen molar-refractivity contribution in [1.82, 2.24) is 0 Å². The molecule has 0 aliphatic carbocycles. The highest BCUT2D eigenvalue weighted by Crippen LogP contribution is 2.49. The molecule has 0 aliphatic heterocycles. The van der Waals surface area contributed by atoms with Crippen LogP contribution in [-0.2, 0) is 18.6 Å². The third-order valence-corrected chi connectivity index (χ3v) is 8.03. The molecular weight excluding hydrogens is 515 g/mol. The van der Waals surface area contributed by atoms with E-state index in [2.05, 4.69) is 13.8 Å². The lowest BCUT2D eigenvalue weighted by Crippen LogP contribution is -2.56. The summed E-state index contributed by atoms with van der Waals surface area (Å²) in [5.41, 5.74) is 4.43. The van der Waals surface area contributed by atoms with Gasteiger partial charge < -0.3 is 24.7 Å². The van der Waals surface area contributed by atoms with Crippen molar-refractivity contribution in [3.05, 3.63) is 0 Å². The SMILES string of the molecule is CCCCCCCCCCOC(C)CC(C[N+](C)(C)C)(OP(=O)(O)O)C(CCCCCCCCC)CC(N)=O. The lowest BCUT2D eigenvalue weighted by atomic mass is 9.77. The fourth-order valence-electron chi connectivity index (χ4n) is 5.75. The normalized spacial score (nSPS) is 15.7. The van der Waals surface area contributed by atoms with Crippen LogP contribution in [0.25, 0.3) is 0 Å². The summed E-state index contributed by atoms with van der Waals surface area (Å²) in [6, 6.07) is 0. The van der Waals surface area contributed by atoms with Gasteiger partial charge in [0.1, 0.15) is 12.1 Å². The molecule has 0 rings (SSSR count). The minimum Gasteiger partial charge on any atom is -0.378 e. The highest BCUT2D eigenvalue weighted by atomic mass is 31.2. The number of amides is 1. The zero-order valence-electron chi connectivity index (χ0n) is 26.3. The third-order valence-electron chi connectivity index (χ3n) is 7.42. The number of nitrogens with two attached hydrogens (primary N) is 1. The number of ether oxygens (including phenoxy) is 1. The fourth-order valence-corrected chi connectivity index (χ4v) is 6.50. The van der Waals surface area contributed by atoms with E-state index in [1.165, 1.54) is 64.2 Å². The lowest BCUT2D eigenvalue weighted by molar-refractivity contribution is -0.877. The molecule has 0 heterocycles. The first-order valence-corrected chi connectivity index (χ1v) is 17.2. The molecule has 0 bridgehead atoms. The van der Waals surface area contributed by atoms with Crippen LogP contribution >= 0.6 is 7.82 Å². The van der Waals surface area contributed by atoms with E-state index in [0.717, 1.165) is 32.1 Å². The average molecular weight is 580 g/mol. The zero-order valence-corrected chi connectivity index (χ0v) is 27.2. The number of carbonyl (C=O) groups is 1. The number of primary amides is 1. The van der Waals surface area contributed by atoms with Gasteiger partial charge in [0.05, 0.1) is 27.2 Å². The number of likely N-dealkylation sites (N-methyl/N-ethyl adjacent to an activating group) is 1. The predicted molar refractivity (Wildman–Crippen MR) is 161 cm³/mol. The smallest absolute Gasteiger partial charge is 0.378 e. The van der Waals surface area contributed by atoms with Gasteiger partial charge >= 0.3 is 7.82 Å². The summed E-state index contributed by atoms with van der Waals surface area (Å²) in [5, 5.41) is 0. The highest BCUT2D eigenvalue weighted by Gasteiger charge is 2.49. The molecule has 1 amide bonds. The molecule has 0 aromatic rings. The molecule has 4 N–H and O–H groups in total. The van der Waals surface area contributed by atoms with Crippen LogP contribution in [0.1, 0.15) is 136 Å². The summed E-state index contributed by atoms with van der Waals surface area (Å²) in [6.45, 7) is 7.30. The zero-order chi connectivity index (χ0) is 29.8. The van der Waals surface area contributed by atoms with Crippen LogP contribution < -0.4 is 5.73 Å². The van der Waals surface area contributed by atoms with Crippen LogP contribution in [0.15, 0.2) is 0 Å². The van der Waals surface area contributed by atoms with Crippen LogP contribution in [0, 0.1) is 5.92 Å². The number of carbonyl (C=O) groups excluding carboxylic acids is 1. The Morgan fingerprint density at radius 2 is 1.31 bits per heavy atom. The van der Waals surface area contributed by atoms with Crippen molar-refractivity contribution in [3.63, 3.8) is 0 Å². The van der Waals surface area contributed by atoms with E-state index in [1.807, 2.05) is 28.1 Å². The second-order valence-corrected chi connectivity index (χ2v) is 13.9. The van der Waals surface area contributed by atoms with Crippen LogP contribution in [0.4, 0.5) is 0 Å². The molecule has 0 aromatic heterocycles. The van der Waals surface area contributed by atoms with Crippen molar-refractivity contribution in [3.8, 4) is 0 Å². The van der Waals surface area contributed by atoms with Gasteiger partial charge in [0.15, 0.2) is 0 Å². The second-order valence-electron chi connectivity index (χ2n) is 12.7. The Bertz CT molecular complexity index is 666. The number of hydrogen-bond donors (Lipinski definition) is 3. The molecule has 0 spiro atoms. The van der Waals surface area contributed by atoms with Crippen LogP contribution in [0.2, 0.25) is 0 Å². The highest BCUT2D eigenvalue weighted by molar-refractivity contribution is 7.46. The molecule has 0 aromatic carbocycles. The maximum absolute atomic E-state index is 12.3. The maximum atomic E-state index is 12.3. The van der Waals surface area contributed by atoms with Gasteiger partial charge in [-0.05, 0) is 19.8 Å². The molecule has 0 radical (unpaired) electrons. The van der Waals surface area contributed by atoms with Crippen LogP contribution in [0.5, 0.6) is 0 Å². The number of phosphoric acid groups is 1. The van der Waals surface area contributed by atoms with Crippen molar-refractivity contribution in [1.29, 1.82) is 0 Å². The van der Waals surface area contributed by atoms with E-state index < -0.39 is 25.2 Å². The predicted octanol–water partition coefficient (Wildman–Crippen LogP) is 7.11. The van der Waals surface area contributed by atoms with Gasteiger partial charge in [-0.15, -0.1) is 0 Å². The first kappa shape index (κ1) is 38.5. The molecule has 3 unspecified atom stereocenters.